The number of carbonyl (C=O) groups is 1. The Bertz CT molecular complexity index is 1140. The molecule has 45 heavy (non-hydrogen) atoms. The van der Waals surface area contributed by atoms with Gasteiger partial charge in [-0.1, -0.05) is 70.7 Å². The van der Waals surface area contributed by atoms with Gasteiger partial charge in [0.05, 0.1) is 13.2 Å². The van der Waals surface area contributed by atoms with Crippen molar-refractivity contribution in [3.8, 4) is 0 Å². The van der Waals surface area contributed by atoms with Gasteiger partial charge < -0.3 is 31.0 Å². The first-order valence-corrected chi connectivity index (χ1v) is 18.1. The SMILES string of the molecule is CC(C)CCCCC1CCC2C3CC=C4CC(OC(=O)NCCOC(OCCN)c5ccc(N)cc5)CCC4(C)C3CCC12C. The molecular formula is C38H61N3O4. The smallest absolute Gasteiger partial charge is 0.407 e. The molecule has 0 spiro atoms. The first-order valence-electron chi connectivity index (χ1n) is 18.1. The van der Waals surface area contributed by atoms with Gasteiger partial charge in [0.1, 0.15) is 6.10 Å². The minimum Gasteiger partial charge on any atom is -0.446 e. The van der Waals surface area contributed by atoms with Crippen LogP contribution < -0.4 is 16.8 Å². The van der Waals surface area contributed by atoms with Crippen LogP contribution in [0.5, 0.6) is 0 Å². The molecular weight excluding hydrogens is 562 g/mol. The highest BCUT2D eigenvalue weighted by Gasteiger charge is 2.58. The Labute approximate surface area is 272 Å². The Balaban J connectivity index is 1.09. The highest BCUT2D eigenvalue weighted by atomic mass is 16.7. The van der Waals surface area contributed by atoms with Gasteiger partial charge in [-0.25, -0.2) is 4.79 Å². The zero-order chi connectivity index (χ0) is 32.0. The second-order valence-electron chi connectivity index (χ2n) is 15.5. The summed E-state index contributed by atoms with van der Waals surface area (Å²) in [7, 11) is 0. The second kappa shape index (κ2) is 15.2. The van der Waals surface area contributed by atoms with Gasteiger partial charge in [0.15, 0.2) is 6.29 Å². The van der Waals surface area contributed by atoms with Crippen LogP contribution in [0.4, 0.5) is 10.5 Å². The number of fused-ring (bicyclic) bond motifs is 5. The Hall–Kier alpha value is -2.09. The number of nitrogens with two attached hydrogens (primary N) is 2. The van der Waals surface area contributed by atoms with Gasteiger partial charge in [-0.05, 0) is 104 Å². The van der Waals surface area contributed by atoms with Crippen LogP contribution in [0.25, 0.3) is 0 Å². The highest BCUT2D eigenvalue weighted by Crippen LogP contribution is 2.66. The number of nitrogen functional groups attached to an aromatic ring is 1. The molecule has 1 amide bonds. The molecule has 0 aromatic heterocycles. The number of allylic oxidation sites excluding steroid dienone is 1. The molecule has 1 aromatic rings. The van der Waals surface area contributed by atoms with Crippen molar-refractivity contribution < 1.29 is 19.0 Å². The minimum absolute atomic E-state index is 0.0623. The monoisotopic (exact) mass is 623 g/mol. The molecule has 252 valence electrons. The van der Waals surface area contributed by atoms with Crippen molar-refractivity contribution in [2.75, 3.05) is 32.0 Å². The topological polar surface area (TPSA) is 109 Å². The van der Waals surface area contributed by atoms with E-state index in [0.717, 1.165) is 54.4 Å². The molecule has 7 heteroatoms. The Morgan fingerprint density at radius 1 is 1.00 bits per heavy atom. The van der Waals surface area contributed by atoms with E-state index in [1.54, 1.807) is 5.57 Å². The number of amides is 1. The maximum atomic E-state index is 12.8. The maximum Gasteiger partial charge on any atom is 0.407 e. The normalized spacial score (nSPS) is 33.1. The molecule has 0 heterocycles. The molecule has 8 atom stereocenters. The van der Waals surface area contributed by atoms with Crippen LogP contribution in [-0.2, 0) is 14.2 Å². The molecule has 3 fully saturated rings. The van der Waals surface area contributed by atoms with Crippen molar-refractivity contribution in [1.29, 1.82) is 0 Å². The molecule has 3 saturated carbocycles. The summed E-state index contributed by atoms with van der Waals surface area (Å²) in [6.07, 6.45) is 17.0. The number of ether oxygens (including phenoxy) is 3. The van der Waals surface area contributed by atoms with Crippen LogP contribution in [0.2, 0.25) is 0 Å². The summed E-state index contributed by atoms with van der Waals surface area (Å²) < 4.78 is 17.6. The fourth-order valence-electron chi connectivity index (χ4n) is 9.84. The lowest BCUT2D eigenvalue weighted by Gasteiger charge is -2.58. The lowest BCUT2D eigenvalue weighted by atomic mass is 9.47. The molecule has 0 aliphatic heterocycles. The average Bonchev–Trinajstić information content (AvgIpc) is 3.35. The van der Waals surface area contributed by atoms with Gasteiger partial charge in [0.25, 0.3) is 0 Å². The largest absolute Gasteiger partial charge is 0.446 e. The number of nitrogens with one attached hydrogen (secondary N) is 1. The number of anilines is 1. The molecule has 5 N–H and O–H groups in total. The number of carbonyl (C=O) groups excluding carboxylic acids is 1. The van der Waals surface area contributed by atoms with E-state index in [1.807, 2.05) is 24.3 Å². The Kier molecular flexibility index (Phi) is 11.6. The van der Waals surface area contributed by atoms with Gasteiger partial charge >= 0.3 is 6.09 Å². The summed E-state index contributed by atoms with van der Waals surface area (Å²) >= 11 is 0. The maximum absolute atomic E-state index is 12.8. The highest BCUT2D eigenvalue weighted by molar-refractivity contribution is 5.67. The molecule has 0 saturated heterocycles. The first kappa shape index (κ1) is 34.3. The Morgan fingerprint density at radius 3 is 2.53 bits per heavy atom. The molecule has 4 aliphatic carbocycles. The number of alkyl carbamates (subject to hydrolysis) is 1. The quantitative estimate of drug-likeness (QED) is 0.0835. The third kappa shape index (κ3) is 7.90. The predicted molar refractivity (Wildman–Crippen MR) is 181 cm³/mol. The fourth-order valence-corrected chi connectivity index (χ4v) is 9.84. The summed E-state index contributed by atoms with van der Waals surface area (Å²) in [5, 5.41) is 2.88. The van der Waals surface area contributed by atoms with Gasteiger partial charge in [-0.15, -0.1) is 0 Å². The van der Waals surface area contributed by atoms with Crippen LogP contribution in [0.15, 0.2) is 35.9 Å². The van der Waals surface area contributed by atoms with Crippen molar-refractivity contribution in [3.05, 3.63) is 41.5 Å². The van der Waals surface area contributed by atoms with Crippen molar-refractivity contribution in [2.24, 2.45) is 46.2 Å². The van der Waals surface area contributed by atoms with Crippen molar-refractivity contribution in [1.82, 2.24) is 5.32 Å². The van der Waals surface area contributed by atoms with E-state index in [9.17, 15) is 4.79 Å². The van der Waals surface area contributed by atoms with Crippen LogP contribution in [-0.4, -0.2) is 38.5 Å². The zero-order valence-corrected chi connectivity index (χ0v) is 28.5. The van der Waals surface area contributed by atoms with Crippen LogP contribution >= 0.6 is 0 Å². The molecule has 7 nitrogen and oxygen atoms in total. The van der Waals surface area contributed by atoms with Gasteiger partial charge in [-0.3, -0.25) is 0 Å². The van der Waals surface area contributed by atoms with Crippen LogP contribution in [0.3, 0.4) is 0 Å². The number of rotatable bonds is 14. The summed E-state index contributed by atoms with van der Waals surface area (Å²) in [6, 6.07) is 7.39. The lowest BCUT2D eigenvalue weighted by Crippen LogP contribution is -2.50. The van der Waals surface area contributed by atoms with E-state index >= 15 is 0 Å². The summed E-state index contributed by atoms with van der Waals surface area (Å²) in [5.41, 5.74) is 15.3. The summed E-state index contributed by atoms with van der Waals surface area (Å²) in [5.74, 6) is 4.22. The van der Waals surface area contributed by atoms with E-state index < -0.39 is 6.29 Å². The van der Waals surface area contributed by atoms with E-state index in [-0.39, 0.29) is 17.6 Å². The van der Waals surface area contributed by atoms with E-state index in [4.69, 9.17) is 25.7 Å². The standard InChI is InChI=1S/C38H61N3O4/c1-26(2)7-5-6-8-28-12-16-33-32-15-11-29-25-31(17-19-38(29,4)34(32)18-20-37(28,33)3)45-36(42)41-22-24-44-35(43-23-21-39)27-9-13-30(40)14-10-27/h9-11,13-14,26,28,31-35H,5-8,12,15-25,39-40H2,1-4H3,(H,41,42). The van der Waals surface area contributed by atoms with E-state index in [2.05, 4.69) is 39.1 Å². The van der Waals surface area contributed by atoms with E-state index in [0.29, 0.717) is 37.4 Å². The number of unbranched alkanes of at least 4 members (excludes halogenated alkanes) is 1. The number of hydrogen-bond acceptors (Lipinski definition) is 6. The number of hydrogen-bond donors (Lipinski definition) is 3. The number of benzene rings is 1. The van der Waals surface area contributed by atoms with Crippen molar-refractivity contribution in [2.45, 2.75) is 117 Å². The zero-order valence-electron chi connectivity index (χ0n) is 28.5. The fraction of sp³-hybridized carbons (Fsp3) is 0.763. The molecule has 1 aromatic carbocycles. The van der Waals surface area contributed by atoms with Gasteiger partial charge in [-0.2, -0.15) is 0 Å². The molecule has 0 bridgehead atoms. The molecule has 8 unspecified atom stereocenters. The third-order valence-electron chi connectivity index (χ3n) is 12.3. The molecule has 5 rings (SSSR count). The van der Waals surface area contributed by atoms with Gasteiger partial charge in [0, 0.05) is 30.8 Å². The molecule has 0 radical (unpaired) electrons. The summed E-state index contributed by atoms with van der Waals surface area (Å²) in [6.45, 7) is 11.3. The predicted octanol–water partition coefficient (Wildman–Crippen LogP) is 8.15. The van der Waals surface area contributed by atoms with Crippen molar-refractivity contribution in [3.63, 3.8) is 0 Å². The van der Waals surface area contributed by atoms with Crippen LogP contribution in [0, 0.1) is 40.4 Å². The van der Waals surface area contributed by atoms with Crippen LogP contribution in [0.1, 0.15) is 117 Å². The second-order valence-corrected chi connectivity index (χ2v) is 15.5. The minimum atomic E-state index is -0.562. The molecule has 4 aliphatic rings. The van der Waals surface area contributed by atoms with E-state index in [1.165, 1.54) is 57.8 Å². The lowest BCUT2D eigenvalue weighted by molar-refractivity contribution is -0.143. The summed E-state index contributed by atoms with van der Waals surface area (Å²) in [4.78, 5) is 12.8. The van der Waals surface area contributed by atoms with Gasteiger partial charge in [0.2, 0.25) is 0 Å². The Morgan fingerprint density at radius 2 is 1.78 bits per heavy atom. The third-order valence-corrected chi connectivity index (χ3v) is 12.3. The first-order chi connectivity index (χ1) is 21.6. The average molecular weight is 624 g/mol. The van der Waals surface area contributed by atoms with Crippen molar-refractivity contribution >= 4 is 11.8 Å².